The molecule has 2 rings (SSSR count). The van der Waals surface area contributed by atoms with E-state index >= 15 is 0 Å². The second-order valence-corrected chi connectivity index (χ2v) is 3.84. The fourth-order valence-corrected chi connectivity index (χ4v) is 1.82. The summed E-state index contributed by atoms with van der Waals surface area (Å²) in [5.41, 5.74) is 7.20. The van der Waals surface area contributed by atoms with E-state index in [0.717, 1.165) is 11.3 Å². The Kier molecular flexibility index (Phi) is 3.79. The molecule has 19 heavy (non-hydrogen) atoms. The van der Waals surface area contributed by atoms with Crippen molar-refractivity contribution in [2.24, 2.45) is 0 Å². The van der Waals surface area contributed by atoms with Crippen molar-refractivity contribution in [2.45, 2.75) is 6.92 Å². The highest BCUT2D eigenvalue weighted by Crippen LogP contribution is 2.39. The molecule has 6 heteroatoms. The van der Waals surface area contributed by atoms with Gasteiger partial charge in [0.05, 0.1) is 26.5 Å². The first kappa shape index (κ1) is 13.1. The van der Waals surface area contributed by atoms with Gasteiger partial charge < -0.3 is 19.9 Å². The van der Waals surface area contributed by atoms with Crippen molar-refractivity contribution in [3.8, 4) is 28.5 Å². The molecule has 0 saturated carbocycles. The van der Waals surface area contributed by atoms with E-state index in [-0.39, 0.29) is 0 Å². The fraction of sp³-hybridized carbons (Fsp3) is 0.308. The number of nitrogens with two attached hydrogens (primary N) is 1. The summed E-state index contributed by atoms with van der Waals surface area (Å²) in [6, 6.07) is 5.35. The van der Waals surface area contributed by atoms with E-state index in [1.165, 1.54) is 0 Å². The number of rotatable bonds is 5. The molecule has 0 bridgehead atoms. The third kappa shape index (κ3) is 2.57. The van der Waals surface area contributed by atoms with Crippen LogP contribution in [0.15, 0.2) is 18.2 Å². The molecule has 3 N–H and O–H groups in total. The lowest BCUT2D eigenvalue weighted by Gasteiger charge is -2.14. The van der Waals surface area contributed by atoms with Crippen LogP contribution < -0.4 is 19.9 Å². The summed E-state index contributed by atoms with van der Waals surface area (Å²) in [7, 11) is 3.18. The molecular weight excluding hydrogens is 246 g/mol. The van der Waals surface area contributed by atoms with Gasteiger partial charge in [-0.2, -0.15) is 5.10 Å². The average Bonchev–Trinajstić information content (AvgIpc) is 2.85. The predicted molar refractivity (Wildman–Crippen MR) is 72.7 cm³/mol. The summed E-state index contributed by atoms with van der Waals surface area (Å²) in [4.78, 5) is 0. The summed E-state index contributed by atoms with van der Waals surface area (Å²) in [6.07, 6.45) is 0. The topological polar surface area (TPSA) is 82.4 Å². The Labute approximate surface area is 111 Å². The summed E-state index contributed by atoms with van der Waals surface area (Å²) < 4.78 is 16.2. The van der Waals surface area contributed by atoms with Crippen LogP contribution in [-0.2, 0) is 0 Å². The van der Waals surface area contributed by atoms with Gasteiger partial charge in [-0.3, -0.25) is 5.10 Å². The molecule has 6 nitrogen and oxygen atoms in total. The van der Waals surface area contributed by atoms with Crippen molar-refractivity contribution in [3.63, 3.8) is 0 Å². The summed E-state index contributed by atoms with van der Waals surface area (Å²) in [6.45, 7) is 2.46. The van der Waals surface area contributed by atoms with E-state index in [1.807, 2.05) is 13.0 Å². The quantitative estimate of drug-likeness (QED) is 0.863. The Morgan fingerprint density at radius 2 is 1.84 bits per heavy atom. The van der Waals surface area contributed by atoms with Gasteiger partial charge in [0, 0.05) is 17.7 Å². The second-order valence-electron chi connectivity index (χ2n) is 3.84. The second kappa shape index (κ2) is 5.51. The van der Waals surface area contributed by atoms with Crippen molar-refractivity contribution in [1.29, 1.82) is 0 Å². The number of nitrogens with one attached hydrogen (secondary N) is 1. The number of H-pyrrole nitrogens is 1. The minimum Gasteiger partial charge on any atom is -0.496 e. The fourth-order valence-electron chi connectivity index (χ4n) is 1.82. The van der Waals surface area contributed by atoms with Crippen LogP contribution in [0.2, 0.25) is 0 Å². The third-order valence-electron chi connectivity index (χ3n) is 2.67. The SMILES string of the molecule is CCOc1cc(-c2cc(N)n[nH]2)c(OC)cc1OC. The van der Waals surface area contributed by atoms with Crippen molar-refractivity contribution >= 4 is 5.82 Å². The normalized spacial score (nSPS) is 10.3. The first-order valence-electron chi connectivity index (χ1n) is 5.89. The lowest BCUT2D eigenvalue weighted by molar-refractivity contribution is 0.309. The lowest BCUT2D eigenvalue weighted by atomic mass is 10.1. The van der Waals surface area contributed by atoms with E-state index < -0.39 is 0 Å². The molecule has 0 unspecified atom stereocenters. The number of nitrogens with zero attached hydrogens (tertiary/aromatic N) is 1. The van der Waals surface area contributed by atoms with E-state index in [0.29, 0.717) is 29.7 Å². The number of anilines is 1. The molecular formula is C13H17N3O3. The largest absolute Gasteiger partial charge is 0.496 e. The number of hydrogen-bond acceptors (Lipinski definition) is 5. The van der Waals surface area contributed by atoms with Crippen LogP contribution in [0.5, 0.6) is 17.2 Å². The van der Waals surface area contributed by atoms with Crippen LogP contribution in [0.1, 0.15) is 6.92 Å². The molecule has 0 spiro atoms. The van der Waals surface area contributed by atoms with E-state index in [2.05, 4.69) is 10.2 Å². The van der Waals surface area contributed by atoms with Crippen LogP contribution in [0.4, 0.5) is 5.82 Å². The maximum atomic E-state index is 5.62. The Morgan fingerprint density at radius 1 is 1.11 bits per heavy atom. The van der Waals surface area contributed by atoms with Crippen molar-refractivity contribution < 1.29 is 14.2 Å². The Morgan fingerprint density at radius 3 is 2.37 bits per heavy atom. The number of benzene rings is 1. The molecule has 0 fully saturated rings. The van der Waals surface area contributed by atoms with Crippen LogP contribution in [0.25, 0.3) is 11.3 Å². The zero-order valence-electron chi connectivity index (χ0n) is 11.2. The molecule has 0 amide bonds. The molecule has 2 aromatic rings. The maximum Gasteiger partial charge on any atom is 0.164 e. The maximum absolute atomic E-state index is 5.62. The summed E-state index contributed by atoms with van der Waals surface area (Å²) >= 11 is 0. The van der Waals surface area contributed by atoms with Crippen molar-refractivity contribution in [1.82, 2.24) is 10.2 Å². The number of hydrogen-bond donors (Lipinski definition) is 2. The molecule has 1 aromatic carbocycles. The number of aromatic amines is 1. The number of ether oxygens (including phenoxy) is 3. The van der Waals surface area contributed by atoms with E-state index in [9.17, 15) is 0 Å². The Bertz CT molecular complexity index is 566. The van der Waals surface area contributed by atoms with Gasteiger partial charge in [-0.05, 0) is 13.0 Å². The van der Waals surface area contributed by atoms with Gasteiger partial charge >= 0.3 is 0 Å². The Balaban J connectivity index is 2.55. The third-order valence-corrected chi connectivity index (χ3v) is 2.67. The van der Waals surface area contributed by atoms with Crippen LogP contribution in [0.3, 0.4) is 0 Å². The zero-order chi connectivity index (χ0) is 13.8. The van der Waals surface area contributed by atoms with Gasteiger partial charge in [0.25, 0.3) is 0 Å². The van der Waals surface area contributed by atoms with Gasteiger partial charge in [-0.15, -0.1) is 0 Å². The Hall–Kier alpha value is -2.37. The predicted octanol–water partition coefficient (Wildman–Crippen LogP) is 2.07. The van der Waals surface area contributed by atoms with Crippen molar-refractivity contribution in [2.75, 3.05) is 26.6 Å². The summed E-state index contributed by atoms with van der Waals surface area (Å²) in [5, 5.41) is 6.76. The van der Waals surface area contributed by atoms with Crippen LogP contribution in [-0.4, -0.2) is 31.0 Å². The molecule has 0 aliphatic rings. The van der Waals surface area contributed by atoms with Gasteiger partial charge in [-0.25, -0.2) is 0 Å². The minimum atomic E-state index is 0.422. The molecule has 0 saturated heterocycles. The summed E-state index contributed by atoms with van der Waals surface area (Å²) in [5.74, 6) is 2.35. The molecule has 0 aliphatic carbocycles. The molecule has 0 radical (unpaired) electrons. The van der Waals surface area contributed by atoms with E-state index in [4.69, 9.17) is 19.9 Å². The standard InChI is InChI=1S/C13H17N3O3/c1-4-19-12-5-8(9-6-13(14)16-15-9)10(17-2)7-11(12)18-3/h5-7H,4H2,1-3H3,(H3,14,15,16). The van der Waals surface area contributed by atoms with Crippen LogP contribution in [0, 0.1) is 0 Å². The molecule has 1 heterocycles. The molecule has 102 valence electrons. The highest BCUT2D eigenvalue weighted by Gasteiger charge is 2.15. The monoisotopic (exact) mass is 263 g/mol. The first-order valence-corrected chi connectivity index (χ1v) is 5.89. The van der Waals surface area contributed by atoms with Gasteiger partial charge in [0.1, 0.15) is 11.6 Å². The minimum absolute atomic E-state index is 0.422. The average molecular weight is 263 g/mol. The number of nitrogen functional groups attached to an aromatic ring is 1. The highest BCUT2D eigenvalue weighted by atomic mass is 16.5. The smallest absolute Gasteiger partial charge is 0.164 e. The van der Waals surface area contributed by atoms with Crippen molar-refractivity contribution in [3.05, 3.63) is 18.2 Å². The van der Waals surface area contributed by atoms with Gasteiger partial charge in [-0.1, -0.05) is 0 Å². The number of aromatic nitrogens is 2. The van der Waals surface area contributed by atoms with Crippen LogP contribution >= 0.6 is 0 Å². The first-order chi connectivity index (χ1) is 9.19. The molecule has 1 aromatic heterocycles. The molecule has 0 aliphatic heterocycles. The zero-order valence-corrected chi connectivity index (χ0v) is 11.2. The highest BCUT2D eigenvalue weighted by molar-refractivity contribution is 5.73. The lowest BCUT2D eigenvalue weighted by Crippen LogP contribution is -1.98. The van der Waals surface area contributed by atoms with Gasteiger partial charge in [0.15, 0.2) is 11.5 Å². The van der Waals surface area contributed by atoms with Gasteiger partial charge in [0.2, 0.25) is 0 Å². The number of methoxy groups -OCH3 is 2. The van der Waals surface area contributed by atoms with E-state index in [1.54, 1.807) is 26.4 Å². The molecule has 0 atom stereocenters.